The van der Waals surface area contributed by atoms with E-state index in [1.807, 2.05) is 6.07 Å². The highest BCUT2D eigenvalue weighted by Crippen LogP contribution is 2.48. The second-order valence-corrected chi connectivity index (χ2v) is 17.1. The van der Waals surface area contributed by atoms with Gasteiger partial charge in [-0.05, 0) is 59.7 Å². The van der Waals surface area contributed by atoms with Crippen molar-refractivity contribution in [2.75, 3.05) is 0 Å². The highest BCUT2D eigenvalue weighted by molar-refractivity contribution is 7.26. The van der Waals surface area contributed by atoms with E-state index in [-0.39, 0.29) is 0 Å². The van der Waals surface area contributed by atoms with Crippen LogP contribution < -0.4 is 0 Å². The molecule has 0 fully saturated rings. The van der Waals surface area contributed by atoms with Crippen LogP contribution in [-0.2, 0) is 0 Å². The van der Waals surface area contributed by atoms with Gasteiger partial charge in [0.1, 0.15) is 0 Å². The van der Waals surface area contributed by atoms with Gasteiger partial charge >= 0.3 is 0 Å². The predicted octanol–water partition coefficient (Wildman–Crippen LogP) is 15.7. The molecule has 0 aliphatic rings. The highest BCUT2D eigenvalue weighted by Gasteiger charge is 2.26. The molecule has 0 N–H and O–H groups in total. The Morgan fingerprint density at radius 3 is 1.59 bits per heavy atom. The van der Waals surface area contributed by atoms with Crippen LogP contribution in [0.25, 0.3) is 120 Å². The zero-order valence-electron chi connectivity index (χ0n) is 34.0. The number of rotatable bonds is 6. The SMILES string of the molecule is c1ccc(-c2nc(-c3cc(-c4ccccc4)c(-n4c5ccccc5c5ccc6c(c7ccccc7n6-c6ccccc6)c54)c(-c4ccccc4)c3)c3sc4ccccc4c3n2)cc1. The van der Waals surface area contributed by atoms with Crippen molar-refractivity contribution in [3.63, 3.8) is 0 Å². The summed E-state index contributed by atoms with van der Waals surface area (Å²) >= 11 is 1.77. The fourth-order valence-corrected chi connectivity index (χ4v) is 10.9. The third-order valence-corrected chi connectivity index (χ3v) is 13.7. The van der Waals surface area contributed by atoms with E-state index in [1.165, 1.54) is 42.8 Å². The summed E-state index contributed by atoms with van der Waals surface area (Å²) in [4.78, 5) is 10.8. The van der Waals surface area contributed by atoms with Crippen molar-refractivity contribution in [1.82, 2.24) is 19.1 Å². The van der Waals surface area contributed by atoms with Gasteiger partial charge in [0.05, 0.1) is 43.7 Å². The molecule has 4 nitrogen and oxygen atoms in total. The summed E-state index contributed by atoms with van der Waals surface area (Å²) in [6.07, 6.45) is 0. The van der Waals surface area contributed by atoms with Crippen molar-refractivity contribution >= 4 is 75.3 Å². The smallest absolute Gasteiger partial charge is 0.160 e. The summed E-state index contributed by atoms with van der Waals surface area (Å²) in [6, 6.07) is 78.6. The number of hydrogen-bond donors (Lipinski definition) is 0. The van der Waals surface area contributed by atoms with Gasteiger partial charge in [-0.15, -0.1) is 11.3 Å². The first-order valence-corrected chi connectivity index (χ1v) is 22.2. The van der Waals surface area contributed by atoms with Gasteiger partial charge in [0.25, 0.3) is 0 Å². The monoisotopic (exact) mass is 820 g/mol. The molecule has 0 amide bonds. The molecule has 0 unspecified atom stereocenters. The van der Waals surface area contributed by atoms with Crippen LogP contribution in [0.5, 0.6) is 0 Å². The third kappa shape index (κ3) is 5.53. The summed E-state index contributed by atoms with van der Waals surface area (Å²) in [7, 11) is 0. The topological polar surface area (TPSA) is 35.6 Å². The molecule has 0 atom stereocenters. The molecule has 0 radical (unpaired) electrons. The average Bonchev–Trinajstić information content (AvgIpc) is 4.02. The fourth-order valence-electron chi connectivity index (χ4n) is 9.79. The van der Waals surface area contributed by atoms with Gasteiger partial charge in [-0.2, -0.15) is 0 Å². The zero-order valence-corrected chi connectivity index (χ0v) is 34.8. The number of para-hydroxylation sites is 3. The van der Waals surface area contributed by atoms with Crippen molar-refractivity contribution in [2.24, 2.45) is 0 Å². The maximum Gasteiger partial charge on any atom is 0.160 e. The second kappa shape index (κ2) is 14.2. The predicted molar refractivity (Wildman–Crippen MR) is 265 cm³/mol. The Balaban J connectivity index is 1.22. The largest absolute Gasteiger partial charge is 0.309 e. The fraction of sp³-hybridized carbons (Fsp3) is 0. The van der Waals surface area contributed by atoms with E-state index in [0.29, 0.717) is 5.82 Å². The Hall–Kier alpha value is -8.12. The Morgan fingerprint density at radius 2 is 0.921 bits per heavy atom. The lowest BCUT2D eigenvalue weighted by Gasteiger charge is -2.21. The van der Waals surface area contributed by atoms with Crippen LogP contribution in [0.4, 0.5) is 0 Å². The quantitative estimate of drug-likeness (QED) is 0.167. The molecule has 4 aromatic heterocycles. The van der Waals surface area contributed by atoms with Crippen molar-refractivity contribution < 1.29 is 0 Å². The van der Waals surface area contributed by atoms with Crippen molar-refractivity contribution in [1.29, 1.82) is 0 Å². The number of nitrogens with zero attached hydrogens (tertiary/aromatic N) is 4. The Labute approximate surface area is 367 Å². The molecule has 4 heterocycles. The van der Waals surface area contributed by atoms with Gasteiger partial charge in [0.2, 0.25) is 0 Å². The van der Waals surface area contributed by atoms with Gasteiger partial charge in [0, 0.05) is 59.6 Å². The van der Waals surface area contributed by atoms with E-state index in [1.54, 1.807) is 11.3 Å². The lowest BCUT2D eigenvalue weighted by molar-refractivity contribution is 1.17. The molecule has 294 valence electrons. The van der Waals surface area contributed by atoms with Crippen LogP contribution in [0.1, 0.15) is 0 Å². The first-order chi connectivity index (χ1) is 31.3. The molecule has 0 spiro atoms. The van der Waals surface area contributed by atoms with E-state index in [4.69, 9.17) is 9.97 Å². The molecule has 63 heavy (non-hydrogen) atoms. The standard InChI is InChI=1S/C58H36N4S/c1-5-19-37(20-6-1)46-35-40(53-57-54(45-29-15-18-32-51(45)63-57)60-58(59-53)39-23-9-3-10-24-39)36-47(38-21-7-2-8-22-38)55(46)62-48-30-16-13-27-42(48)43-33-34-50-52(56(43)62)44-28-14-17-31-49(44)61(50)41-25-11-4-12-26-41/h1-36H. The van der Waals surface area contributed by atoms with Crippen LogP contribution in [0.3, 0.4) is 0 Å². The summed E-state index contributed by atoms with van der Waals surface area (Å²) in [6.45, 7) is 0. The zero-order chi connectivity index (χ0) is 41.4. The second-order valence-electron chi connectivity index (χ2n) is 16.1. The van der Waals surface area contributed by atoms with E-state index in [0.717, 1.165) is 71.6 Å². The molecule has 0 aliphatic heterocycles. The van der Waals surface area contributed by atoms with Crippen LogP contribution in [0, 0.1) is 0 Å². The van der Waals surface area contributed by atoms with Crippen molar-refractivity contribution in [3.8, 4) is 56.3 Å². The Morgan fingerprint density at radius 1 is 0.381 bits per heavy atom. The number of aromatic nitrogens is 4. The molecule has 5 heteroatoms. The van der Waals surface area contributed by atoms with Gasteiger partial charge in [-0.3, -0.25) is 0 Å². The lowest BCUT2D eigenvalue weighted by atomic mass is 9.91. The first-order valence-electron chi connectivity index (χ1n) is 21.3. The first kappa shape index (κ1) is 35.6. The highest BCUT2D eigenvalue weighted by atomic mass is 32.1. The Bertz CT molecular complexity index is 3820. The normalized spacial score (nSPS) is 11.8. The molecule has 9 aromatic carbocycles. The van der Waals surface area contributed by atoms with Gasteiger partial charge < -0.3 is 9.13 Å². The minimum atomic E-state index is 0.716. The third-order valence-electron chi connectivity index (χ3n) is 12.5. The summed E-state index contributed by atoms with van der Waals surface area (Å²) in [5, 5.41) is 6.01. The molecule has 0 aliphatic carbocycles. The molecular formula is C58H36N4S. The molecule has 0 bridgehead atoms. The molecule has 0 saturated heterocycles. The van der Waals surface area contributed by atoms with E-state index >= 15 is 0 Å². The summed E-state index contributed by atoms with van der Waals surface area (Å²) in [5.74, 6) is 0.716. The minimum absolute atomic E-state index is 0.716. The molecule has 13 rings (SSSR count). The van der Waals surface area contributed by atoms with Crippen LogP contribution in [-0.4, -0.2) is 19.1 Å². The maximum atomic E-state index is 5.49. The number of fused-ring (bicyclic) bond motifs is 10. The van der Waals surface area contributed by atoms with Crippen molar-refractivity contribution in [2.45, 2.75) is 0 Å². The van der Waals surface area contributed by atoms with E-state index < -0.39 is 0 Å². The molecular weight excluding hydrogens is 785 g/mol. The summed E-state index contributed by atoms with van der Waals surface area (Å²) in [5.41, 5.74) is 15.4. The molecule has 13 aromatic rings. The number of hydrogen-bond acceptors (Lipinski definition) is 3. The molecule has 0 saturated carbocycles. The Kier molecular flexibility index (Phi) is 8.05. The van der Waals surface area contributed by atoms with Crippen LogP contribution >= 0.6 is 11.3 Å². The van der Waals surface area contributed by atoms with E-state index in [2.05, 4.69) is 221 Å². The maximum absolute atomic E-state index is 5.49. The number of benzene rings is 9. The summed E-state index contributed by atoms with van der Waals surface area (Å²) < 4.78 is 7.25. The van der Waals surface area contributed by atoms with Gasteiger partial charge in [-0.25, -0.2) is 9.97 Å². The van der Waals surface area contributed by atoms with Gasteiger partial charge in [0.15, 0.2) is 5.82 Å². The minimum Gasteiger partial charge on any atom is -0.309 e. The van der Waals surface area contributed by atoms with Crippen LogP contribution in [0.15, 0.2) is 218 Å². The van der Waals surface area contributed by atoms with E-state index in [9.17, 15) is 0 Å². The number of thiophene rings is 1. The van der Waals surface area contributed by atoms with Crippen LogP contribution in [0.2, 0.25) is 0 Å². The van der Waals surface area contributed by atoms with Crippen molar-refractivity contribution in [3.05, 3.63) is 218 Å². The average molecular weight is 821 g/mol. The van der Waals surface area contributed by atoms with Gasteiger partial charge in [-0.1, -0.05) is 170 Å². The lowest BCUT2D eigenvalue weighted by Crippen LogP contribution is -2.03.